The van der Waals surface area contributed by atoms with Crippen LogP contribution in [-0.4, -0.2) is 29.8 Å². The predicted molar refractivity (Wildman–Crippen MR) is 138 cm³/mol. The van der Waals surface area contributed by atoms with Gasteiger partial charge < -0.3 is 13.9 Å². The molecule has 1 amide bonds. The van der Waals surface area contributed by atoms with Crippen molar-refractivity contribution in [1.82, 2.24) is 10.2 Å². The molecule has 1 atom stereocenters. The van der Waals surface area contributed by atoms with Crippen molar-refractivity contribution in [3.05, 3.63) is 87.2 Å². The van der Waals surface area contributed by atoms with Crippen LogP contribution < -0.4 is 19.8 Å². The Balaban J connectivity index is 1.71. The molecule has 184 valence electrons. The van der Waals surface area contributed by atoms with Crippen molar-refractivity contribution in [2.45, 2.75) is 26.3 Å². The molecule has 0 saturated heterocycles. The highest BCUT2D eigenvalue weighted by molar-refractivity contribution is 7.15. The predicted octanol–water partition coefficient (Wildman–Crippen LogP) is 5.17. The number of carbonyl (C=O) groups excluding carboxylic acids is 1. The topological polar surface area (TPSA) is 94.8 Å². The van der Waals surface area contributed by atoms with Gasteiger partial charge in [0.15, 0.2) is 16.9 Å². The van der Waals surface area contributed by atoms with Gasteiger partial charge in [0.05, 0.1) is 24.1 Å². The zero-order valence-electron chi connectivity index (χ0n) is 20.2. The second-order valence-corrected chi connectivity index (χ2v) is 9.87. The summed E-state index contributed by atoms with van der Waals surface area (Å²) < 4.78 is 17.3. The highest BCUT2D eigenvalue weighted by Crippen LogP contribution is 2.44. The van der Waals surface area contributed by atoms with Crippen LogP contribution in [-0.2, 0) is 6.42 Å². The summed E-state index contributed by atoms with van der Waals surface area (Å²) in [7, 11) is 1.54. The fraction of sp³-hybridized carbons (Fsp3) is 0.259. The Morgan fingerprint density at radius 2 is 1.97 bits per heavy atom. The number of rotatable bonds is 8. The molecule has 0 fully saturated rings. The van der Waals surface area contributed by atoms with E-state index in [0.717, 1.165) is 11.4 Å². The largest absolute Gasteiger partial charge is 0.493 e. The molecule has 9 heteroatoms. The van der Waals surface area contributed by atoms with E-state index in [1.165, 1.54) is 23.3 Å². The third-order valence-corrected chi connectivity index (χ3v) is 6.83. The number of hydrogen-bond donors (Lipinski definition) is 0. The lowest BCUT2D eigenvalue weighted by atomic mass is 9.98. The van der Waals surface area contributed by atoms with E-state index in [2.05, 4.69) is 30.6 Å². The molecule has 1 unspecified atom stereocenters. The molecule has 0 bridgehead atoms. The van der Waals surface area contributed by atoms with Gasteiger partial charge in [-0.05, 0) is 35.7 Å². The molecule has 0 radical (unpaired) electrons. The van der Waals surface area contributed by atoms with Crippen LogP contribution in [0.1, 0.15) is 46.6 Å². The fourth-order valence-corrected chi connectivity index (χ4v) is 5.41. The van der Waals surface area contributed by atoms with Crippen LogP contribution in [0.25, 0.3) is 11.0 Å². The molecule has 0 saturated carbocycles. The second-order valence-electron chi connectivity index (χ2n) is 8.83. The van der Waals surface area contributed by atoms with Crippen LogP contribution in [0, 0.1) is 5.92 Å². The van der Waals surface area contributed by atoms with E-state index in [0.29, 0.717) is 45.7 Å². The number of ether oxygens (including phenoxy) is 2. The maximum absolute atomic E-state index is 13.7. The van der Waals surface area contributed by atoms with E-state index in [1.807, 2.05) is 6.07 Å². The van der Waals surface area contributed by atoms with Crippen LogP contribution in [0.3, 0.4) is 0 Å². The number of amides is 1. The molecule has 0 N–H and O–H groups in total. The van der Waals surface area contributed by atoms with Gasteiger partial charge in [0.1, 0.15) is 17.2 Å². The molecule has 1 aliphatic rings. The van der Waals surface area contributed by atoms with E-state index >= 15 is 0 Å². The Bertz CT molecular complexity index is 1520. The maximum Gasteiger partial charge on any atom is 0.297 e. The first kappa shape index (κ1) is 23.7. The van der Waals surface area contributed by atoms with Gasteiger partial charge in [-0.1, -0.05) is 56.0 Å². The fourth-order valence-electron chi connectivity index (χ4n) is 4.33. The maximum atomic E-state index is 13.7. The van der Waals surface area contributed by atoms with Gasteiger partial charge in [0, 0.05) is 6.42 Å². The van der Waals surface area contributed by atoms with E-state index in [4.69, 9.17) is 13.9 Å². The lowest BCUT2D eigenvalue weighted by Gasteiger charge is -2.23. The molecule has 5 rings (SSSR count). The number of fused-ring (bicyclic) bond motifs is 2. The Morgan fingerprint density at radius 1 is 1.17 bits per heavy atom. The molecule has 36 heavy (non-hydrogen) atoms. The molecule has 2 aromatic carbocycles. The Kier molecular flexibility index (Phi) is 6.32. The zero-order valence-corrected chi connectivity index (χ0v) is 21.0. The minimum atomic E-state index is -0.768. The highest BCUT2D eigenvalue weighted by Gasteiger charge is 2.45. The van der Waals surface area contributed by atoms with Gasteiger partial charge in [-0.2, -0.15) is 0 Å². The number of carbonyl (C=O) groups is 1. The van der Waals surface area contributed by atoms with Crippen molar-refractivity contribution in [2.24, 2.45) is 5.92 Å². The van der Waals surface area contributed by atoms with E-state index in [9.17, 15) is 9.59 Å². The Morgan fingerprint density at radius 3 is 2.72 bits per heavy atom. The first-order valence-electron chi connectivity index (χ1n) is 11.6. The van der Waals surface area contributed by atoms with Gasteiger partial charge in [-0.3, -0.25) is 14.5 Å². The molecule has 0 spiro atoms. The van der Waals surface area contributed by atoms with Crippen LogP contribution in [0.2, 0.25) is 0 Å². The van der Waals surface area contributed by atoms with Gasteiger partial charge >= 0.3 is 0 Å². The minimum Gasteiger partial charge on any atom is -0.493 e. The Labute approximate surface area is 211 Å². The average molecular weight is 504 g/mol. The van der Waals surface area contributed by atoms with Crippen molar-refractivity contribution < 1.29 is 18.7 Å². The number of aromatic nitrogens is 2. The summed E-state index contributed by atoms with van der Waals surface area (Å²) in [5.74, 6) is 0.955. The van der Waals surface area contributed by atoms with E-state index < -0.39 is 11.9 Å². The summed E-state index contributed by atoms with van der Waals surface area (Å²) >= 11 is 1.34. The van der Waals surface area contributed by atoms with E-state index in [-0.39, 0.29) is 16.8 Å². The summed E-state index contributed by atoms with van der Waals surface area (Å²) in [6, 6.07) is 11.5. The first-order valence-corrected chi connectivity index (χ1v) is 12.4. The van der Waals surface area contributed by atoms with Gasteiger partial charge in [-0.25, -0.2) is 0 Å². The van der Waals surface area contributed by atoms with Crippen molar-refractivity contribution >= 4 is 33.3 Å². The molecular weight excluding hydrogens is 478 g/mol. The summed E-state index contributed by atoms with van der Waals surface area (Å²) in [5, 5.41) is 10.3. The van der Waals surface area contributed by atoms with Crippen molar-refractivity contribution in [3.8, 4) is 11.5 Å². The SMILES string of the molecule is C=CCOc1ccc(C2c3c(oc4ccccc4c3=O)C(=O)N2c2nnc(CC(C)C)s2)cc1OC. The average Bonchev–Trinajstić information content (AvgIpc) is 3.44. The summed E-state index contributed by atoms with van der Waals surface area (Å²) in [6.45, 7) is 8.18. The smallest absolute Gasteiger partial charge is 0.297 e. The van der Waals surface area contributed by atoms with E-state index in [1.54, 1.807) is 42.5 Å². The number of para-hydroxylation sites is 1. The summed E-state index contributed by atoms with van der Waals surface area (Å²) in [6.07, 6.45) is 2.38. The van der Waals surface area contributed by atoms with Crippen LogP contribution in [0.15, 0.2) is 64.3 Å². The standard InChI is InChI=1S/C27H25N3O5S/c1-5-12-34-19-11-10-16(14-20(19)33-4)23-22-24(31)17-8-6-7-9-18(17)35-25(22)26(32)30(23)27-29-28-21(36-27)13-15(2)3/h5-11,14-15,23H,1,12-13H2,2-4H3. The highest BCUT2D eigenvalue weighted by atomic mass is 32.1. The molecule has 8 nitrogen and oxygen atoms in total. The Hall–Kier alpha value is -3.98. The third-order valence-electron chi connectivity index (χ3n) is 5.88. The van der Waals surface area contributed by atoms with Gasteiger partial charge in [0.25, 0.3) is 5.91 Å². The third kappa shape index (κ3) is 4.05. The normalized spacial score (nSPS) is 14.9. The molecular formula is C27H25N3O5S. The monoisotopic (exact) mass is 503 g/mol. The first-order chi connectivity index (χ1) is 17.4. The summed E-state index contributed by atoms with van der Waals surface area (Å²) in [4.78, 5) is 28.9. The molecule has 2 aromatic heterocycles. The van der Waals surface area contributed by atoms with Crippen LogP contribution >= 0.6 is 11.3 Å². The second kappa shape index (κ2) is 9.58. The number of benzene rings is 2. The molecule has 0 aliphatic carbocycles. The number of hydrogen-bond acceptors (Lipinski definition) is 8. The number of nitrogens with zero attached hydrogens (tertiary/aromatic N) is 3. The van der Waals surface area contributed by atoms with Crippen molar-refractivity contribution in [1.29, 1.82) is 0 Å². The molecule has 1 aliphatic heterocycles. The number of methoxy groups -OCH3 is 1. The van der Waals surface area contributed by atoms with Crippen LogP contribution in [0.4, 0.5) is 5.13 Å². The van der Waals surface area contributed by atoms with Crippen molar-refractivity contribution in [3.63, 3.8) is 0 Å². The number of anilines is 1. The van der Waals surface area contributed by atoms with Crippen molar-refractivity contribution in [2.75, 3.05) is 18.6 Å². The molecule has 4 aromatic rings. The lowest BCUT2D eigenvalue weighted by molar-refractivity contribution is 0.0970. The van der Waals surface area contributed by atoms with Gasteiger partial charge in [-0.15, -0.1) is 10.2 Å². The zero-order chi connectivity index (χ0) is 25.4. The minimum absolute atomic E-state index is 0.00950. The van der Waals surface area contributed by atoms with Crippen LogP contribution in [0.5, 0.6) is 11.5 Å². The lowest BCUT2D eigenvalue weighted by Crippen LogP contribution is -2.29. The summed E-state index contributed by atoms with van der Waals surface area (Å²) in [5.41, 5.74) is 1.03. The quantitative estimate of drug-likeness (QED) is 0.306. The molecule has 3 heterocycles. The van der Waals surface area contributed by atoms with Gasteiger partial charge in [0.2, 0.25) is 10.9 Å².